The highest BCUT2D eigenvalue weighted by Gasteiger charge is 2.36. The van der Waals surface area contributed by atoms with Crippen molar-refractivity contribution in [1.82, 2.24) is 9.46 Å². The van der Waals surface area contributed by atoms with Gasteiger partial charge in [-0.15, -0.1) is 13.2 Å². The number of hydrogen-bond donors (Lipinski definition) is 1. The molecule has 1 amide bonds. The first-order valence-corrected chi connectivity index (χ1v) is 13.0. The Morgan fingerprint density at radius 2 is 1.77 bits per heavy atom. The van der Waals surface area contributed by atoms with Gasteiger partial charge in [-0.05, 0) is 68.3 Å². The van der Waals surface area contributed by atoms with Crippen molar-refractivity contribution in [2.24, 2.45) is 5.92 Å². The van der Waals surface area contributed by atoms with Crippen LogP contribution in [0.2, 0.25) is 0 Å². The van der Waals surface area contributed by atoms with Gasteiger partial charge in [-0.25, -0.2) is 17.2 Å². The number of hydrogen-bond acceptors (Lipinski definition) is 6. The first kappa shape index (κ1) is 28.2. The van der Waals surface area contributed by atoms with Gasteiger partial charge in [0.05, 0.1) is 0 Å². The molecule has 1 N–H and O–H groups in total. The number of benzene rings is 2. The largest absolute Gasteiger partial charge is 0.573 e. The normalized spacial score (nSPS) is 15.5. The lowest BCUT2D eigenvalue weighted by Gasteiger charge is -2.30. The van der Waals surface area contributed by atoms with E-state index in [4.69, 9.17) is 4.52 Å². The zero-order valence-electron chi connectivity index (χ0n) is 20.3. The van der Waals surface area contributed by atoms with Gasteiger partial charge >= 0.3 is 6.36 Å². The Hall–Kier alpha value is -3.78. The van der Waals surface area contributed by atoms with Gasteiger partial charge < -0.3 is 14.6 Å². The van der Waals surface area contributed by atoms with Crippen LogP contribution < -0.4 is 10.1 Å². The van der Waals surface area contributed by atoms with Gasteiger partial charge in [0.15, 0.2) is 10.7 Å². The van der Waals surface area contributed by atoms with Crippen molar-refractivity contribution in [1.29, 1.82) is 0 Å². The van der Waals surface area contributed by atoms with Crippen LogP contribution in [-0.2, 0) is 14.8 Å². The summed E-state index contributed by atoms with van der Waals surface area (Å²) < 4.78 is 101. The van der Waals surface area contributed by atoms with Crippen LogP contribution in [0.1, 0.15) is 29.9 Å². The molecule has 1 fully saturated rings. The lowest BCUT2D eigenvalue weighted by molar-refractivity contribution is -0.274. The molecule has 8 nitrogen and oxygen atoms in total. The van der Waals surface area contributed by atoms with Gasteiger partial charge in [0.1, 0.15) is 23.1 Å². The number of aryl methyl sites for hydroxylation is 1. The Labute approximate surface area is 220 Å². The quantitative estimate of drug-likeness (QED) is 0.383. The van der Waals surface area contributed by atoms with E-state index in [-0.39, 0.29) is 53.5 Å². The summed E-state index contributed by atoms with van der Waals surface area (Å²) in [5, 5.41) is 6.33. The van der Waals surface area contributed by atoms with Crippen molar-refractivity contribution in [2.75, 3.05) is 18.4 Å². The summed E-state index contributed by atoms with van der Waals surface area (Å²) in [4.78, 5) is 12.5. The molecule has 3 aromatic rings. The number of sulfonamides is 1. The summed E-state index contributed by atoms with van der Waals surface area (Å²) in [6.07, 6.45) is -1.98. The van der Waals surface area contributed by atoms with Crippen molar-refractivity contribution in [3.8, 4) is 5.75 Å². The lowest BCUT2D eigenvalue weighted by Crippen LogP contribution is -2.41. The van der Waals surface area contributed by atoms with Crippen LogP contribution >= 0.6 is 0 Å². The third kappa shape index (κ3) is 6.81. The van der Waals surface area contributed by atoms with Crippen LogP contribution in [0.25, 0.3) is 12.2 Å². The molecule has 0 unspecified atom stereocenters. The van der Waals surface area contributed by atoms with E-state index >= 15 is 0 Å². The molecule has 0 radical (unpaired) electrons. The van der Waals surface area contributed by atoms with E-state index < -0.39 is 45.6 Å². The molecule has 1 aliphatic heterocycles. The minimum Gasteiger partial charge on any atom is -0.406 e. The standard InChI is InChI=1S/C25H22F5N3O5S/c1-15-23(22(38-32-15)9-3-16-2-4-18(26)14-21(16)27)39(35,36)33-12-10-17(11-13-33)24(34)31-19-5-7-20(8-6-19)37-25(28,29)30/h2-9,14,17H,10-13H2,1H3,(H,31,34)/b9-3+. The number of aromatic nitrogens is 1. The summed E-state index contributed by atoms with van der Waals surface area (Å²) in [7, 11) is -4.09. The van der Waals surface area contributed by atoms with E-state index in [1.807, 2.05) is 0 Å². The maximum Gasteiger partial charge on any atom is 0.573 e. The minimum atomic E-state index is -4.83. The zero-order chi connectivity index (χ0) is 28.4. The fraction of sp³-hybridized carbons (Fsp3) is 0.280. The highest BCUT2D eigenvalue weighted by atomic mass is 32.2. The predicted octanol–water partition coefficient (Wildman–Crippen LogP) is 5.37. The highest BCUT2D eigenvalue weighted by Crippen LogP contribution is 2.30. The SMILES string of the molecule is Cc1noc(/C=C/c2ccc(F)cc2F)c1S(=O)(=O)N1CCC(C(=O)Nc2ccc(OC(F)(F)F)cc2)CC1. The molecule has 39 heavy (non-hydrogen) atoms. The first-order chi connectivity index (χ1) is 18.3. The number of carbonyl (C=O) groups is 1. The van der Waals surface area contributed by atoms with E-state index in [2.05, 4.69) is 15.2 Å². The van der Waals surface area contributed by atoms with Gasteiger partial charge in [0.25, 0.3) is 0 Å². The third-order valence-corrected chi connectivity index (χ3v) is 8.05. The summed E-state index contributed by atoms with van der Waals surface area (Å²) >= 11 is 0. The fourth-order valence-corrected chi connectivity index (χ4v) is 5.79. The van der Waals surface area contributed by atoms with Gasteiger partial charge in [-0.3, -0.25) is 4.79 Å². The monoisotopic (exact) mass is 571 g/mol. The third-order valence-electron chi connectivity index (χ3n) is 5.99. The maximum absolute atomic E-state index is 14.0. The maximum atomic E-state index is 14.0. The highest BCUT2D eigenvalue weighted by molar-refractivity contribution is 7.89. The van der Waals surface area contributed by atoms with E-state index in [1.54, 1.807) is 0 Å². The summed E-state index contributed by atoms with van der Waals surface area (Å²) in [6, 6.07) is 7.61. The van der Waals surface area contributed by atoms with Crippen LogP contribution in [-0.4, -0.2) is 43.2 Å². The second-order valence-electron chi connectivity index (χ2n) is 8.70. The Morgan fingerprint density at radius 1 is 1.10 bits per heavy atom. The van der Waals surface area contributed by atoms with Gasteiger partial charge in [0, 0.05) is 36.3 Å². The second kappa shape index (κ2) is 11.1. The minimum absolute atomic E-state index is 0.0130. The molecule has 0 spiro atoms. The molecule has 1 aliphatic rings. The first-order valence-electron chi connectivity index (χ1n) is 11.6. The van der Waals surface area contributed by atoms with Crippen LogP contribution in [0.5, 0.6) is 5.75 Å². The number of amides is 1. The smallest absolute Gasteiger partial charge is 0.406 e. The van der Waals surface area contributed by atoms with E-state index in [0.717, 1.165) is 18.2 Å². The molecule has 0 saturated carbocycles. The average molecular weight is 572 g/mol. The molecule has 1 saturated heterocycles. The number of halogens is 5. The number of piperidine rings is 1. The number of anilines is 1. The topological polar surface area (TPSA) is 102 Å². The van der Waals surface area contributed by atoms with Crippen molar-refractivity contribution in [2.45, 2.75) is 31.0 Å². The number of nitrogens with one attached hydrogen (secondary N) is 1. The van der Waals surface area contributed by atoms with Crippen LogP contribution in [0, 0.1) is 24.5 Å². The van der Waals surface area contributed by atoms with Crippen molar-refractivity contribution in [3.05, 3.63) is 71.1 Å². The van der Waals surface area contributed by atoms with E-state index in [0.29, 0.717) is 6.07 Å². The second-order valence-corrected chi connectivity index (χ2v) is 10.6. The number of nitrogens with zero attached hydrogens (tertiary/aromatic N) is 2. The summed E-state index contributed by atoms with van der Waals surface area (Å²) in [5.41, 5.74) is 0.369. The summed E-state index contributed by atoms with van der Waals surface area (Å²) in [5.74, 6) is -3.09. The van der Waals surface area contributed by atoms with Gasteiger partial charge in [0.2, 0.25) is 15.9 Å². The van der Waals surface area contributed by atoms with E-state index in [1.165, 1.54) is 41.6 Å². The molecular formula is C25H22F5N3O5S. The zero-order valence-corrected chi connectivity index (χ0v) is 21.2. The molecule has 2 heterocycles. The summed E-state index contributed by atoms with van der Waals surface area (Å²) in [6.45, 7) is 1.47. The molecule has 0 atom stereocenters. The van der Waals surface area contributed by atoms with Gasteiger partial charge in [-0.1, -0.05) is 5.16 Å². The fourth-order valence-electron chi connectivity index (χ4n) is 4.07. The van der Waals surface area contributed by atoms with E-state index in [9.17, 15) is 35.2 Å². The molecule has 208 valence electrons. The van der Waals surface area contributed by atoms with Crippen LogP contribution in [0.15, 0.2) is 51.9 Å². The van der Waals surface area contributed by atoms with Crippen LogP contribution in [0.4, 0.5) is 27.6 Å². The van der Waals surface area contributed by atoms with Gasteiger partial charge in [-0.2, -0.15) is 4.31 Å². The molecule has 0 bridgehead atoms. The molecule has 1 aromatic heterocycles. The van der Waals surface area contributed by atoms with Crippen LogP contribution in [0.3, 0.4) is 0 Å². The average Bonchev–Trinajstić information content (AvgIpc) is 3.25. The van der Waals surface area contributed by atoms with Crippen molar-refractivity contribution in [3.63, 3.8) is 0 Å². The Bertz CT molecular complexity index is 1480. The van der Waals surface area contributed by atoms with Crippen molar-refractivity contribution < 1.29 is 44.4 Å². The lowest BCUT2D eigenvalue weighted by atomic mass is 9.97. The molecular weight excluding hydrogens is 549 g/mol. The Kier molecular flexibility index (Phi) is 8.07. The van der Waals surface area contributed by atoms with Crippen molar-refractivity contribution >= 4 is 33.8 Å². The number of alkyl halides is 3. The molecule has 0 aliphatic carbocycles. The number of ether oxygens (including phenoxy) is 1. The molecule has 4 rings (SSSR count). The Morgan fingerprint density at radius 3 is 2.38 bits per heavy atom. The number of carbonyl (C=O) groups excluding carboxylic acids is 1. The molecule has 2 aromatic carbocycles. The number of rotatable bonds is 7. The Balaban J connectivity index is 1.40. The predicted molar refractivity (Wildman–Crippen MR) is 130 cm³/mol. The molecule has 14 heteroatoms.